The maximum atomic E-state index is 9.05. The van der Waals surface area contributed by atoms with E-state index < -0.39 is 0 Å². The normalized spacial score (nSPS) is 10.6. The van der Waals surface area contributed by atoms with Crippen LogP contribution in [-0.2, 0) is 12.3 Å². The van der Waals surface area contributed by atoms with Crippen LogP contribution in [0.4, 0.5) is 0 Å². The number of halogens is 1. The van der Waals surface area contributed by atoms with Crippen LogP contribution < -0.4 is 0 Å². The van der Waals surface area contributed by atoms with Crippen molar-refractivity contribution in [3.8, 4) is 6.07 Å². The first-order valence-corrected chi connectivity index (χ1v) is 5.80. The summed E-state index contributed by atoms with van der Waals surface area (Å²) in [6, 6.07) is 5.93. The van der Waals surface area contributed by atoms with E-state index in [0.717, 1.165) is 35.3 Å². The molecule has 0 spiro atoms. The third-order valence-electron chi connectivity index (χ3n) is 2.56. The van der Waals surface area contributed by atoms with E-state index in [1.807, 2.05) is 12.1 Å². The highest BCUT2D eigenvalue weighted by Gasteiger charge is 2.10. The highest BCUT2D eigenvalue weighted by atomic mass is 35.5. The Labute approximate surface area is 99.1 Å². The van der Waals surface area contributed by atoms with Crippen LogP contribution in [-0.4, -0.2) is 9.97 Å². The third-order valence-corrected chi connectivity index (χ3v) is 2.81. The summed E-state index contributed by atoms with van der Waals surface area (Å²) in [5.41, 5.74) is 3.58. The Morgan fingerprint density at radius 1 is 1.50 bits per heavy atom. The molecule has 0 fully saturated rings. The van der Waals surface area contributed by atoms with Crippen LogP contribution in [0, 0.1) is 11.3 Å². The minimum absolute atomic E-state index is 0.363. The number of nitrogens with one attached hydrogen (secondary N) is 1. The minimum Gasteiger partial charge on any atom is -0.341 e. The number of benzene rings is 1. The van der Waals surface area contributed by atoms with Crippen LogP contribution in [0.1, 0.15) is 30.3 Å². The number of fused-ring (bicyclic) bond motifs is 1. The van der Waals surface area contributed by atoms with Gasteiger partial charge in [0.05, 0.1) is 28.5 Å². The first-order chi connectivity index (χ1) is 7.80. The maximum absolute atomic E-state index is 9.05. The van der Waals surface area contributed by atoms with Gasteiger partial charge in [0.2, 0.25) is 0 Å². The molecule has 3 nitrogen and oxygen atoms in total. The van der Waals surface area contributed by atoms with Crippen molar-refractivity contribution in [2.24, 2.45) is 0 Å². The van der Waals surface area contributed by atoms with Gasteiger partial charge in [0.15, 0.2) is 0 Å². The Morgan fingerprint density at radius 3 is 2.94 bits per heavy atom. The average molecular weight is 234 g/mol. The van der Waals surface area contributed by atoms with E-state index in [1.54, 1.807) is 0 Å². The molecule has 0 aliphatic heterocycles. The molecule has 0 amide bonds. The second-order valence-electron chi connectivity index (χ2n) is 3.67. The quantitative estimate of drug-likeness (QED) is 0.829. The zero-order valence-electron chi connectivity index (χ0n) is 9.05. The number of alkyl halides is 1. The molecule has 2 rings (SSSR count). The number of aromatic amines is 1. The molecule has 1 heterocycles. The van der Waals surface area contributed by atoms with Crippen LogP contribution in [0.2, 0.25) is 0 Å². The van der Waals surface area contributed by atoms with Crippen LogP contribution in [0.5, 0.6) is 0 Å². The minimum atomic E-state index is 0.363. The largest absolute Gasteiger partial charge is 0.341 e. The summed E-state index contributed by atoms with van der Waals surface area (Å²) in [5.74, 6) is 1.12. The van der Waals surface area contributed by atoms with E-state index in [2.05, 4.69) is 23.0 Å². The van der Waals surface area contributed by atoms with Crippen LogP contribution in [0.3, 0.4) is 0 Å². The van der Waals surface area contributed by atoms with Gasteiger partial charge in [-0.05, 0) is 24.1 Å². The molecule has 0 saturated carbocycles. The fourth-order valence-electron chi connectivity index (χ4n) is 1.85. The summed E-state index contributed by atoms with van der Waals surface area (Å²) < 4.78 is 0. The van der Waals surface area contributed by atoms with E-state index >= 15 is 0 Å². The number of aryl methyl sites for hydroxylation is 1. The van der Waals surface area contributed by atoms with Gasteiger partial charge >= 0.3 is 0 Å². The Bertz CT molecular complexity index is 551. The maximum Gasteiger partial charge on any atom is 0.122 e. The number of imidazole rings is 1. The lowest BCUT2D eigenvalue weighted by Crippen LogP contribution is -1.91. The summed E-state index contributed by atoms with van der Waals surface area (Å²) in [7, 11) is 0. The molecule has 1 aromatic heterocycles. The van der Waals surface area contributed by atoms with Gasteiger partial charge < -0.3 is 4.98 Å². The van der Waals surface area contributed by atoms with E-state index in [9.17, 15) is 0 Å². The van der Waals surface area contributed by atoms with Crippen molar-refractivity contribution in [1.82, 2.24) is 9.97 Å². The van der Waals surface area contributed by atoms with Crippen molar-refractivity contribution in [1.29, 1.82) is 5.26 Å². The average Bonchev–Trinajstić information content (AvgIpc) is 2.73. The molecule has 16 heavy (non-hydrogen) atoms. The third kappa shape index (κ3) is 1.77. The molecule has 0 atom stereocenters. The Balaban J connectivity index is 2.68. The topological polar surface area (TPSA) is 52.5 Å². The van der Waals surface area contributed by atoms with Gasteiger partial charge in [-0.2, -0.15) is 5.26 Å². The van der Waals surface area contributed by atoms with Crippen molar-refractivity contribution in [3.63, 3.8) is 0 Å². The van der Waals surface area contributed by atoms with E-state index in [4.69, 9.17) is 16.9 Å². The molecule has 4 heteroatoms. The number of H-pyrrole nitrogens is 1. The lowest BCUT2D eigenvalue weighted by molar-refractivity contribution is 0.923. The van der Waals surface area contributed by atoms with Gasteiger partial charge in [-0.25, -0.2) is 4.98 Å². The van der Waals surface area contributed by atoms with Gasteiger partial charge in [-0.15, -0.1) is 11.6 Å². The number of nitriles is 1. The van der Waals surface area contributed by atoms with E-state index in [0.29, 0.717) is 11.4 Å². The molecule has 0 unspecified atom stereocenters. The number of rotatable bonds is 3. The second-order valence-corrected chi connectivity index (χ2v) is 3.93. The predicted molar refractivity (Wildman–Crippen MR) is 64.4 cm³/mol. The summed E-state index contributed by atoms with van der Waals surface area (Å²) in [5, 5.41) is 9.05. The number of hydrogen-bond acceptors (Lipinski definition) is 2. The summed E-state index contributed by atoms with van der Waals surface area (Å²) >= 11 is 5.74. The highest BCUT2D eigenvalue weighted by Crippen LogP contribution is 2.22. The standard InChI is InChI=1S/C12H12ClN3/c1-2-3-9-8(7-14)4-5-10-12(9)16-11(6-13)15-10/h4-5H,2-3,6H2,1H3,(H,15,16). The zero-order valence-corrected chi connectivity index (χ0v) is 9.80. The Kier molecular flexibility index (Phi) is 3.12. The van der Waals surface area contributed by atoms with Gasteiger partial charge in [0.25, 0.3) is 0 Å². The van der Waals surface area contributed by atoms with Gasteiger partial charge in [0, 0.05) is 0 Å². The molecule has 0 aliphatic rings. The summed E-state index contributed by atoms with van der Waals surface area (Å²) in [6.45, 7) is 2.09. The van der Waals surface area contributed by atoms with Crippen molar-refractivity contribution in [2.75, 3.05) is 0 Å². The van der Waals surface area contributed by atoms with Crippen LogP contribution in [0.25, 0.3) is 11.0 Å². The molecule has 0 saturated heterocycles. The van der Waals surface area contributed by atoms with E-state index in [-0.39, 0.29) is 0 Å². The molecule has 0 aliphatic carbocycles. The highest BCUT2D eigenvalue weighted by molar-refractivity contribution is 6.16. The van der Waals surface area contributed by atoms with E-state index in [1.165, 1.54) is 0 Å². The first kappa shape index (κ1) is 11.0. The Hall–Kier alpha value is -1.53. The lowest BCUT2D eigenvalue weighted by Gasteiger charge is -2.02. The second kappa shape index (κ2) is 4.54. The van der Waals surface area contributed by atoms with Crippen LogP contribution >= 0.6 is 11.6 Å². The van der Waals surface area contributed by atoms with Crippen molar-refractivity contribution < 1.29 is 0 Å². The molecular weight excluding hydrogens is 222 g/mol. The van der Waals surface area contributed by atoms with Crippen molar-refractivity contribution >= 4 is 22.6 Å². The lowest BCUT2D eigenvalue weighted by atomic mass is 10.0. The van der Waals surface area contributed by atoms with Gasteiger partial charge in [-0.1, -0.05) is 13.3 Å². The van der Waals surface area contributed by atoms with Crippen LogP contribution in [0.15, 0.2) is 12.1 Å². The smallest absolute Gasteiger partial charge is 0.122 e. The Morgan fingerprint density at radius 2 is 2.31 bits per heavy atom. The molecule has 0 bridgehead atoms. The summed E-state index contributed by atoms with van der Waals surface area (Å²) in [6.07, 6.45) is 1.86. The number of hydrogen-bond donors (Lipinski definition) is 1. The molecule has 82 valence electrons. The fourth-order valence-corrected chi connectivity index (χ4v) is 1.98. The SMILES string of the molecule is CCCc1c(C#N)ccc2[nH]c(CCl)nc12. The van der Waals surface area contributed by atoms with Crippen molar-refractivity contribution in [2.45, 2.75) is 25.6 Å². The van der Waals surface area contributed by atoms with Crippen molar-refractivity contribution in [3.05, 3.63) is 29.1 Å². The van der Waals surface area contributed by atoms with Gasteiger partial charge in [0.1, 0.15) is 5.82 Å². The zero-order chi connectivity index (χ0) is 11.5. The van der Waals surface area contributed by atoms with Gasteiger partial charge in [-0.3, -0.25) is 0 Å². The monoisotopic (exact) mass is 233 g/mol. The molecule has 1 aromatic carbocycles. The first-order valence-electron chi connectivity index (χ1n) is 5.26. The number of aromatic nitrogens is 2. The number of nitrogens with zero attached hydrogens (tertiary/aromatic N) is 2. The molecule has 1 N–H and O–H groups in total. The predicted octanol–water partition coefficient (Wildman–Crippen LogP) is 3.13. The molecule has 0 radical (unpaired) electrons. The summed E-state index contributed by atoms with van der Waals surface area (Å²) in [4.78, 5) is 7.56. The fraction of sp³-hybridized carbons (Fsp3) is 0.333. The molecule has 2 aromatic rings. The molecular formula is C12H12ClN3.